The third-order valence-electron chi connectivity index (χ3n) is 3.81. The van der Waals surface area contributed by atoms with Gasteiger partial charge in [-0.2, -0.15) is 0 Å². The predicted molar refractivity (Wildman–Crippen MR) is 83.4 cm³/mol. The summed E-state index contributed by atoms with van der Waals surface area (Å²) in [7, 11) is 0. The Morgan fingerprint density at radius 2 is 1.81 bits per heavy atom. The van der Waals surface area contributed by atoms with Gasteiger partial charge in [0.05, 0.1) is 10.6 Å². The van der Waals surface area contributed by atoms with Crippen molar-refractivity contribution in [2.24, 2.45) is 0 Å². The fourth-order valence-corrected chi connectivity index (χ4v) is 2.84. The molecule has 4 nitrogen and oxygen atoms in total. The highest BCUT2D eigenvalue weighted by Gasteiger charge is 2.21. The van der Waals surface area contributed by atoms with Crippen LogP contribution in [-0.4, -0.2) is 28.9 Å². The Morgan fingerprint density at radius 1 is 1.19 bits per heavy atom. The van der Waals surface area contributed by atoms with Crippen LogP contribution >= 0.6 is 11.6 Å². The van der Waals surface area contributed by atoms with Crippen molar-refractivity contribution in [3.05, 3.63) is 58.2 Å². The molecule has 2 heterocycles. The lowest BCUT2D eigenvalue weighted by atomic mass is 10.0. The van der Waals surface area contributed by atoms with Crippen molar-refractivity contribution in [2.45, 2.75) is 12.8 Å². The summed E-state index contributed by atoms with van der Waals surface area (Å²) in [5, 5.41) is 0.343. The van der Waals surface area contributed by atoms with Gasteiger partial charge in [0.2, 0.25) is 0 Å². The van der Waals surface area contributed by atoms with Gasteiger partial charge >= 0.3 is 0 Å². The Balaban J connectivity index is 1.82. The topological polar surface area (TPSA) is 59.2 Å². The number of hydrogen-bond acceptors (Lipinski definition) is 3. The van der Waals surface area contributed by atoms with Gasteiger partial charge in [0, 0.05) is 19.3 Å². The first-order valence-corrected chi connectivity index (χ1v) is 7.30. The van der Waals surface area contributed by atoms with Gasteiger partial charge in [-0.3, -0.25) is 4.79 Å². The zero-order chi connectivity index (χ0) is 14.8. The van der Waals surface area contributed by atoms with Gasteiger partial charge in [-0.15, -0.1) is 0 Å². The monoisotopic (exact) mass is 301 g/mol. The number of rotatable bonds is 1. The second kappa shape index (κ2) is 5.74. The summed E-state index contributed by atoms with van der Waals surface area (Å²) >= 11 is 6.07. The van der Waals surface area contributed by atoms with Crippen molar-refractivity contribution in [1.82, 2.24) is 9.88 Å². The van der Waals surface area contributed by atoms with Crippen LogP contribution in [0.2, 0.25) is 5.02 Å². The van der Waals surface area contributed by atoms with E-state index in [9.17, 15) is 4.79 Å². The summed E-state index contributed by atoms with van der Waals surface area (Å²) in [6.45, 7) is 1.38. The molecule has 1 aromatic carbocycles. The maximum Gasteiger partial charge on any atom is 0.255 e. The minimum Gasteiger partial charge on any atom is -0.384 e. The van der Waals surface area contributed by atoms with Crippen LogP contribution in [-0.2, 0) is 12.8 Å². The SMILES string of the molecule is Nc1cc(C(=O)N2CCc3ccccc3CC2)c(Cl)cn1. The van der Waals surface area contributed by atoms with Crippen molar-refractivity contribution in [2.75, 3.05) is 18.8 Å². The summed E-state index contributed by atoms with van der Waals surface area (Å²) in [6, 6.07) is 9.87. The number of halogens is 1. The number of amides is 1. The fraction of sp³-hybridized carbons (Fsp3) is 0.250. The molecule has 1 aliphatic rings. The number of aromatic nitrogens is 1. The second-order valence-electron chi connectivity index (χ2n) is 5.15. The van der Waals surface area contributed by atoms with E-state index in [1.807, 2.05) is 17.0 Å². The van der Waals surface area contributed by atoms with Crippen LogP contribution in [0.5, 0.6) is 0 Å². The van der Waals surface area contributed by atoms with Crippen LogP contribution < -0.4 is 5.73 Å². The molecule has 3 rings (SSSR count). The van der Waals surface area contributed by atoms with Crippen LogP contribution in [0.1, 0.15) is 21.5 Å². The molecule has 0 unspecified atom stereocenters. The zero-order valence-electron chi connectivity index (χ0n) is 11.6. The van der Waals surface area contributed by atoms with Crippen molar-refractivity contribution in [3.8, 4) is 0 Å². The number of pyridine rings is 1. The lowest BCUT2D eigenvalue weighted by molar-refractivity contribution is 0.0763. The molecule has 0 atom stereocenters. The van der Waals surface area contributed by atoms with E-state index in [4.69, 9.17) is 17.3 Å². The molecule has 0 saturated carbocycles. The number of nitrogens with two attached hydrogens (primary N) is 1. The minimum absolute atomic E-state index is 0.0816. The average Bonchev–Trinajstić information content (AvgIpc) is 2.71. The number of hydrogen-bond donors (Lipinski definition) is 1. The Morgan fingerprint density at radius 3 is 2.43 bits per heavy atom. The van der Waals surface area contributed by atoms with Crippen molar-refractivity contribution in [1.29, 1.82) is 0 Å². The minimum atomic E-state index is -0.0816. The molecule has 0 spiro atoms. The van der Waals surface area contributed by atoms with E-state index in [0.717, 1.165) is 12.8 Å². The van der Waals surface area contributed by atoms with E-state index in [1.54, 1.807) is 6.07 Å². The van der Waals surface area contributed by atoms with Crippen LogP contribution in [0, 0.1) is 0 Å². The molecular weight excluding hydrogens is 286 g/mol. The largest absolute Gasteiger partial charge is 0.384 e. The second-order valence-corrected chi connectivity index (χ2v) is 5.56. The van der Waals surface area contributed by atoms with E-state index in [0.29, 0.717) is 29.5 Å². The van der Waals surface area contributed by atoms with E-state index in [2.05, 4.69) is 17.1 Å². The number of nitrogens with zero attached hydrogens (tertiary/aromatic N) is 2. The van der Waals surface area contributed by atoms with Crippen molar-refractivity contribution in [3.63, 3.8) is 0 Å². The highest BCUT2D eigenvalue weighted by atomic mass is 35.5. The standard InChI is InChI=1S/C16H16ClN3O/c17-14-10-19-15(18)9-13(14)16(21)20-7-5-11-3-1-2-4-12(11)6-8-20/h1-4,9-10H,5-8H2,(H2,18,19). The first-order valence-electron chi connectivity index (χ1n) is 6.92. The van der Waals surface area contributed by atoms with Crippen molar-refractivity contribution >= 4 is 23.3 Å². The van der Waals surface area contributed by atoms with E-state index in [1.165, 1.54) is 17.3 Å². The Kier molecular flexibility index (Phi) is 3.80. The molecule has 21 heavy (non-hydrogen) atoms. The molecule has 0 saturated heterocycles. The number of fused-ring (bicyclic) bond motifs is 1. The summed E-state index contributed by atoms with van der Waals surface area (Å²) in [6.07, 6.45) is 3.15. The van der Waals surface area contributed by atoms with Gasteiger partial charge in [0.15, 0.2) is 0 Å². The fourth-order valence-electron chi connectivity index (χ4n) is 2.66. The van der Waals surface area contributed by atoms with Crippen LogP contribution in [0.4, 0.5) is 5.82 Å². The van der Waals surface area contributed by atoms with Crippen LogP contribution in [0.3, 0.4) is 0 Å². The highest BCUT2D eigenvalue weighted by molar-refractivity contribution is 6.33. The molecule has 0 bridgehead atoms. The Bertz CT molecular complexity index is 660. The number of anilines is 1. The van der Waals surface area contributed by atoms with E-state index < -0.39 is 0 Å². The molecule has 2 N–H and O–H groups in total. The average molecular weight is 302 g/mol. The molecule has 1 aromatic heterocycles. The molecule has 2 aromatic rings. The predicted octanol–water partition coefficient (Wildman–Crippen LogP) is 2.56. The number of nitrogen functional groups attached to an aromatic ring is 1. The smallest absolute Gasteiger partial charge is 0.255 e. The van der Waals surface area contributed by atoms with Gasteiger partial charge in [-0.05, 0) is 30.0 Å². The number of carbonyl (C=O) groups is 1. The number of carbonyl (C=O) groups excluding carboxylic acids is 1. The van der Waals surface area contributed by atoms with E-state index in [-0.39, 0.29) is 5.91 Å². The Labute approximate surface area is 128 Å². The first kappa shape index (κ1) is 13.9. The summed E-state index contributed by atoms with van der Waals surface area (Å²) in [5.41, 5.74) is 8.71. The van der Waals surface area contributed by atoms with Gasteiger partial charge in [0.25, 0.3) is 5.91 Å². The molecule has 1 amide bonds. The lowest BCUT2D eigenvalue weighted by Crippen LogP contribution is -2.33. The maximum absolute atomic E-state index is 12.6. The Hall–Kier alpha value is -2.07. The molecular formula is C16H16ClN3O. The molecule has 1 aliphatic heterocycles. The summed E-state index contributed by atoms with van der Waals surface area (Å²) in [4.78, 5) is 18.4. The summed E-state index contributed by atoms with van der Waals surface area (Å²) in [5.74, 6) is 0.225. The highest BCUT2D eigenvalue weighted by Crippen LogP contribution is 2.21. The normalized spacial score (nSPS) is 14.4. The maximum atomic E-state index is 12.6. The van der Waals surface area contributed by atoms with Crippen LogP contribution in [0.25, 0.3) is 0 Å². The van der Waals surface area contributed by atoms with E-state index >= 15 is 0 Å². The summed E-state index contributed by atoms with van der Waals surface area (Å²) < 4.78 is 0. The first-order chi connectivity index (χ1) is 10.1. The quantitative estimate of drug-likeness (QED) is 0.880. The molecule has 0 fully saturated rings. The molecule has 0 radical (unpaired) electrons. The zero-order valence-corrected chi connectivity index (χ0v) is 12.3. The number of benzene rings is 1. The van der Waals surface area contributed by atoms with Crippen molar-refractivity contribution < 1.29 is 4.79 Å². The van der Waals surface area contributed by atoms with Gasteiger partial charge in [-0.25, -0.2) is 4.98 Å². The molecule has 108 valence electrons. The van der Waals surface area contributed by atoms with Gasteiger partial charge < -0.3 is 10.6 Å². The third kappa shape index (κ3) is 2.85. The van der Waals surface area contributed by atoms with Crippen LogP contribution in [0.15, 0.2) is 36.5 Å². The lowest BCUT2D eigenvalue weighted by Gasteiger charge is -2.21. The van der Waals surface area contributed by atoms with Gasteiger partial charge in [0.1, 0.15) is 5.82 Å². The molecule has 0 aliphatic carbocycles. The molecule has 5 heteroatoms. The van der Waals surface area contributed by atoms with Gasteiger partial charge in [-0.1, -0.05) is 35.9 Å². The third-order valence-corrected chi connectivity index (χ3v) is 4.12.